The molecule has 1 aliphatic carbocycles. The van der Waals surface area contributed by atoms with E-state index in [1.54, 1.807) is 26.4 Å². The lowest BCUT2D eigenvalue weighted by Crippen LogP contribution is -2.43. The molecule has 1 aromatic heterocycles. The number of allylic oxidation sites excluding steroid dienone is 3. The molecule has 1 saturated carbocycles. The molecule has 0 radical (unpaired) electrons. The maximum absolute atomic E-state index is 12.2. The lowest BCUT2D eigenvalue weighted by Gasteiger charge is -2.16. The van der Waals surface area contributed by atoms with Gasteiger partial charge in [0.1, 0.15) is 17.6 Å². The van der Waals surface area contributed by atoms with E-state index in [9.17, 15) is 4.79 Å². The first-order valence-corrected chi connectivity index (χ1v) is 9.14. The Morgan fingerprint density at radius 3 is 3.00 bits per heavy atom. The van der Waals surface area contributed by atoms with Crippen LogP contribution < -0.4 is 37.9 Å². The highest BCUT2D eigenvalue weighted by molar-refractivity contribution is 5.44. The molecule has 10 nitrogen and oxygen atoms in total. The number of dihydropyridines is 1. The lowest BCUT2D eigenvalue weighted by atomic mass is 10.2. The summed E-state index contributed by atoms with van der Waals surface area (Å²) in [4.78, 5) is 12.2. The molecule has 152 valence electrons. The summed E-state index contributed by atoms with van der Waals surface area (Å²) in [5, 5.41) is 10.6. The van der Waals surface area contributed by atoms with E-state index in [1.165, 1.54) is 10.4 Å². The summed E-state index contributed by atoms with van der Waals surface area (Å²) in [5.41, 5.74) is 8.20. The number of methoxy groups -OCH3 is 1. The number of quaternary nitrogens is 1. The summed E-state index contributed by atoms with van der Waals surface area (Å²) < 4.78 is 12.3. The third-order valence-corrected chi connectivity index (χ3v) is 4.89. The first-order chi connectivity index (χ1) is 13.5. The number of hydrogen-bond acceptors (Lipinski definition) is 8. The Bertz CT molecular complexity index is 859. The van der Waals surface area contributed by atoms with Crippen LogP contribution in [-0.4, -0.2) is 36.6 Å². The molecule has 0 bridgehead atoms. The number of hydrogen-bond donors (Lipinski definition) is 5. The number of rotatable bonds is 9. The maximum atomic E-state index is 12.2. The summed E-state index contributed by atoms with van der Waals surface area (Å²) >= 11 is 0. The average molecular weight is 390 g/mol. The molecule has 0 aromatic carbocycles. The van der Waals surface area contributed by atoms with Gasteiger partial charge in [-0.15, -0.1) is 5.10 Å². The fourth-order valence-electron chi connectivity index (χ4n) is 3.04. The van der Waals surface area contributed by atoms with Crippen molar-refractivity contribution >= 4 is 5.69 Å². The zero-order chi connectivity index (χ0) is 20.1. The van der Waals surface area contributed by atoms with Crippen LogP contribution in [0.1, 0.15) is 6.42 Å². The van der Waals surface area contributed by atoms with E-state index >= 15 is 0 Å². The predicted molar refractivity (Wildman–Crippen MR) is 105 cm³/mol. The average Bonchev–Trinajstić information content (AvgIpc) is 3.50. The Labute approximate surface area is 163 Å². The van der Waals surface area contributed by atoms with Gasteiger partial charge in [-0.3, -0.25) is 10.6 Å². The molecule has 0 amide bonds. The van der Waals surface area contributed by atoms with Gasteiger partial charge < -0.3 is 31.3 Å². The topological polar surface area (TPSA) is 143 Å². The molecule has 0 unspecified atom stereocenters. The highest BCUT2D eigenvalue weighted by Crippen LogP contribution is 2.43. The van der Waals surface area contributed by atoms with Crippen molar-refractivity contribution in [2.24, 2.45) is 24.7 Å². The monoisotopic (exact) mass is 390 g/mol. The maximum Gasteiger partial charge on any atom is 0.290 e. The third kappa shape index (κ3) is 4.65. The number of hydrazine groups is 1. The molecule has 10 heteroatoms. The normalized spacial score (nSPS) is 21.2. The summed E-state index contributed by atoms with van der Waals surface area (Å²) in [5.74, 6) is 7.60. The molecular weight excluding hydrogens is 362 g/mol. The van der Waals surface area contributed by atoms with Crippen molar-refractivity contribution in [2.45, 2.75) is 6.42 Å². The molecule has 2 atom stereocenters. The molecule has 2 heterocycles. The molecule has 1 aliphatic heterocycles. The summed E-state index contributed by atoms with van der Waals surface area (Å²) in [6.07, 6.45) is 6.71. The van der Waals surface area contributed by atoms with E-state index in [1.807, 2.05) is 6.08 Å². The quantitative estimate of drug-likeness (QED) is 0.261. The first-order valence-electron chi connectivity index (χ1n) is 9.14. The van der Waals surface area contributed by atoms with Crippen LogP contribution in [-0.2, 0) is 11.8 Å². The number of nitrogens with zero attached hydrogens (tertiary/aromatic N) is 2. The van der Waals surface area contributed by atoms with Crippen LogP contribution in [0, 0.1) is 11.8 Å². The van der Waals surface area contributed by atoms with Gasteiger partial charge in [0.2, 0.25) is 5.88 Å². The van der Waals surface area contributed by atoms with Crippen molar-refractivity contribution in [1.29, 1.82) is 0 Å². The van der Waals surface area contributed by atoms with Crippen molar-refractivity contribution in [2.75, 3.05) is 32.1 Å². The van der Waals surface area contributed by atoms with Crippen LogP contribution in [0.25, 0.3) is 0 Å². The standard InChI is InChI=1S/C18H27N7O3/c1-25-18(26)16(21-8-12(7-19)23-20)6-17(24-25)28-10-11-5-14(11)15-4-3-13(27-2)9-22-15/h3-4,6-7,11,14,21-23H,5,8-10,19-20H2,1-2H3/p+1/b12-7-/t11-,14+/m1/s1. The molecule has 8 N–H and O–H groups in total. The van der Waals surface area contributed by atoms with E-state index in [0.717, 1.165) is 12.2 Å². The predicted octanol–water partition coefficient (Wildman–Crippen LogP) is -1.23. The van der Waals surface area contributed by atoms with Gasteiger partial charge in [0.15, 0.2) is 0 Å². The van der Waals surface area contributed by atoms with Gasteiger partial charge in [0.05, 0.1) is 32.5 Å². The van der Waals surface area contributed by atoms with E-state index in [2.05, 4.69) is 33.0 Å². The van der Waals surface area contributed by atoms with E-state index in [-0.39, 0.29) is 5.56 Å². The van der Waals surface area contributed by atoms with Crippen molar-refractivity contribution < 1.29 is 15.2 Å². The van der Waals surface area contributed by atoms with Gasteiger partial charge in [-0.25, -0.2) is 4.68 Å². The number of aryl methyl sites for hydroxylation is 1. The Morgan fingerprint density at radius 2 is 2.36 bits per heavy atom. The van der Waals surface area contributed by atoms with Crippen LogP contribution in [0.5, 0.6) is 5.88 Å². The first kappa shape index (κ1) is 19.8. The number of aromatic nitrogens is 2. The van der Waals surface area contributed by atoms with E-state index in [4.69, 9.17) is 15.3 Å². The fraction of sp³-hybridized carbons (Fsp3) is 0.444. The van der Waals surface area contributed by atoms with Crippen molar-refractivity contribution in [1.82, 2.24) is 20.5 Å². The molecule has 1 fully saturated rings. The number of anilines is 1. The summed E-state index contributed by atoms with van der Waals surface area (Å²) in [6, 6.07) is 1.61. The Balaban J connectivity index is 1.57. The van der Waals surface area contributed by atoms with Gasteiger partial charge in [0.25, 0.3) is 5.56 Å². The SMILES string of the molecule is COC1=CC=C([C@H]2C[C@@H]2COc2cc(NC/C(=C/[NH3+])NN)c(=O)n(C)n2)NC1. The smallest absolute Gasteiger partial charge is 0.290 e. The van der Waals surface area contributed by atoms with Crippen LogP contribution >= 0.6 is 0 Å². The minimum atomic E-state index is -0.241. The third-order valence-electron chi connectivity index (χ3n) is 4.89. The van der Waals surface area contributed by atoms with Gasteiger partial charge >= 0.3 is 0 Å². The molecule has 0 spiro atoms. The second kappa shape index (κ2) is 8.81. The van der Waals surface area contributed by atoms with Crippen LogP contribution in [0.3, 0.4) is 0 Å². The van der Waals surface area contributed by atoms with Crippen LogP contribution in [0.4, 0.5) is 5.69 Å². The molecule has 3 rings (SSSR count). The molecule has 2 aliphatic rings. The zero-order valence-electron chi connectivity index (χ0n) is 16.2. The molecule has 1 aromatic rings. The summed E-state index contributed by atoms with van der Waals surface area (Å²) in [6.45, 7) is 1.61. The minimum Gasteiger partial charge on any atom is -0.499 e. The largest absolute Gasteiger partial charge is 0.499 e. The number of nitrogens with one attached hydrogen (secondary N) is 3. The molecular formula is C18H28N7O3+. The Morgan fingerprint density at radius 1 is 1.54 bits per heavy atom. The Hall–Kier alpha value is -2.98. The Kier molecular flexibility index (Phi) is 6.22. The van der Waals surface area contributed by atoms with Crippen LogP contribution in [0.2, 0.25) is 0 Å². The van der Waals surface area contributed by atoms with Gasteiger partial charge in [-0.2, -0.15) is 0 Å². The molecule has 0 saturated heterocycles. The van der Waals surface area contributed by atoms with Crippen LogP contribution in [0.15, 0.2) is 46.4 Å². The van der Waals surface area contributed by atoms with Gasteiger partial charge in [-0.05, 0) is 18.6 Å². The minimum absolute atomic E-state index is 0.241. The van der Waals surface area contributed by atoms with Crippen molar-refractivity contribution in [3.63, 3.8) is 0 Å². The van der Waals surface area contributed by atoms with E-state index in [0.29, 0.717) is 48.8 Å². The summed E-state index contributed by atoms with van der Waals surface area (Å²) in [7, 11) is 3.27. The second-order valence-corrected chi connectivity index (χ2v) is 6.78. The molecule has 28 heavy (non-hydrogen) atoms. The second-order valence-electron chi connectivity index (χ2n) is 6.78. The fourth-order valence-corrected chi connectivity index (χ4v) is 3.04. The van der Waals surface area contributed by atoms with Gasteiger partial charge in [0, 0.05) is 30.6 Å². The number of ether oxygens (including phenoxy) is 2. The highest BCUT2D eigenvalue weighted by atomic mass is 16.5. The van der Waals surface area contributed by atoms with Crippen molar-refractivity contribution in [3.05, 3.63) is 51.9 Å². The zero-order valence-corrected chi connectivity index (χ0v) is 16.2. The van der Waals surface area contributed by atoms with Gasteiger partial charge in [-0.1, -0.05) is 0 Å². The van der Waals surface area contributed by atoms with Crippen molar-refractivity contribution in [3.8, 4) is 5.88 Å². The van der Waals surface area contributed by atoms with E-state index < -0.39 is 0 Å². The highest BCUT2D eigenvalue weighted by Gasteiger charge is 2.41. The number of nitrogens with two attached hydrogens (primary N) is 1. The lowest BCUT2D eigenvalue weighted by molar-refractivity contribution is -0.276.